The van der Waals surface area contributed by atoms with Crippen LogP contribution in [0.15, 0.2) is 30.3 Å². The Kier molecular flexibility index (Phi) is 4.33. The normalized spacial score (nSPS) is 18.4. The van der Waals surface area contributed by atoms with Crippen LogP contribution in [0.3, 0.4) is 0 Å². The van der Waals surface area contributed by atoms with E-state index in [1.54, 1.807) is 0 Å². The highest BCUT2D eigenvalue weighted by atomic mass is 16.6. The van der Waals surface area contributed by atoms with Gasteiger partial charge in [0.25, 0.3) is 0 Å². The molecule has 1 aliphatic rings. The van der Waals surface area contributed by atoms with E-state index >= 15 is 0 Å². The minimum absolute atomic E-state index is 0.157. The van der Waals surface area contributed by atoms with Gasteiger partial charge in [-0.15, -0.1) is 0 Å². The number of ether oxygens (including phenoxy) is 1. The Hall–Kier alpha value is -1.55. The van der Waals surface area contributed by atoms with Gasteiger partial charge in [-0.05, 0) is 58.8 Å². The highest BCUT2D eigenvalue weighted by molar-refractivity contribution is 5.85. The molecule has 0 aromatic heterocycles. The van der Waals surface area contributed by atoms with Crippen molar-refractivity contribution in [2.24, 2.45) is 0 Å². The SMILES string of the molecule is CC(C)(C)OC(=O)C1(Nc2ccccc2)CCNCC1. The van der Waals surface area contributed by atoms with Crippen LogP contribution in [0.2, 0.25) is 0 Å². The smallest absolute Gasteiger partial charge is 0.332 e. The van der Waals surface area contributed by atoms with Crippen molar-refractivity contribution in [3.8, 4) is 0 Å². The van der Waals surface area contributed by atoms with Crippen molar-refractivity contribution in [3.05, 3.63) is 30.3 Å². The molecular formula is C16H24N2O2. The summed E-state index contributed by atoms with van der Waals surface area (Å²) >= 11 is 0. The average Bonchev–Trinajstić information content (AvgIpc) is 2.39. The van der Waals surface area contributed by atoms with Gasteiger partial charge in [-0.1, -0.05) is 18.2 Å². The molecule has 0 atom stereocenters. The molecule has 0 bridgehead atoms. The Morgan fingerprint density at radius 2 is 1.80 bits per heavy atom. The fourth-order valence-corrected chi connectivity index (χ4v) is 2.41. The van der Waals surface area contributed by atoms with Crippen LogP contribution in [0.1, 0.15) is 33.6 Å². The lowest BCUT2D eigenvalue weighted by Crippen LogP contribution is -2.55. The molecular weight excluding hydrogens is 252 g/mol. The molecule has 1 heterocycles. The molecule has 0 unspecified atom stereocenters. The molecule has 2 rings (SSSR count). The largest absolute Gasteiger partial charge is 0.458 e. The molecule has 110 valence electrons. The minimum Gasteiger partial charge on any atom is -0.458 e. The Morgan fingerprint density at radius 3 is 2.35 bits per heavy atom. The Balaban J connectivity index is 2.19. The number of para-hydroxylation sites is 1. The first-order valence-corrected chi connectivity index (χ1v) is 7.19. The van der Waals surface area contributed by atoms with Crippen LogP contribution in [0.25, 0.3) is 0 Å². The molecule has 1 aromatic rings. The van der Waals surface area contributed by atoms with E-state index in [-0.39, 0.29) is 5.97 Å². The molecule has 1 aromatic carbocycles. The van der Waals surface area contributed by atoms with E-state index in [0.29, 0.717) is 0 Å². The number of esters is 1. The third kappa shape index (κ3) is 3.73. The summed E-state index contributed by atoms with van der Waals surface area (Å²) in [6.45, 7) is 7.35. The molecule has 1 saturated heterocycles. The van der Waals surface area contributed by atoms with Crippen LogP contribution in [0, 0.1) is 0 Å². The number of hydrogen-bond donors (Lipinski definition) is 2. The van der Waals surface area contributed by atoms with E-state index in [2.05, 4.69) is 10.6 Å². The quantitative estimate of drug-likeness (QED) is 0.833. The second-order valence-electron chi connectivity index (χ2n) is 6.33. The summed E-state index contributed by atoms with van der Waals surface area (Å²) < 4.78 is 5.62. The average molecular weight is 276 g/mol. The first-order valence-electron chi connectivity index (χ1n) is 7.19. The molecule has 0 aliphatic carbocycles. The maximum absolute atomic E-state index is 12.6. The second-order valence-corrected chi connectivity index (χ2v) is 6.33. The molecule has 4 heteroatoms. The zero-order valence-electron chi connectivity index (χ0n) is 12.5. The standard InChI is InChI=1S/C16H24N2O2/c1-15(2,3)20-14(19)16(9-11-17-12-10-16)18-13-7-5-4-6-8-13/h4-8,17-18H,9-12H2,1-3H3. The number of hydrogen-bond acceptors (Lipinski definition) is 4. The van der Waals surface area contributed by atoms with Gasteiger partial charge in [-0.3, -0.25) is 0 Å². The minimum atomic E-state index is -0.625. The first kappa shape index (κ1) is 14.9. The predicted octanol–water partition coefficient (Wildman–Crippen LogP) is 2.56. The third-order valence-corrected chi connectivity index (χ3v) is 3.40. The van der Waals surface area contributed by atoms with Crippen LogP contribution >= 0.6 is 0 Å². The van der Waals surface area contributed by atoms with Crippen molar-refractivity contribution in [1.29, 1.82) is 0 Å². The summed E-state index contributed by atoms with van der Waals surface area (Å²) in [6.07, 6.45) is 1.47. The van der Waals surface area contributed by atoms with E-state index in [9.17, 15) is 4.79 Å². The monoisotopic (exact) mass is 276 g/mol. The van der Waals surface area contributed by atoms with E-state index < -0.39 is 11.1 Å². The maximum atomic E-state index is 12.6. The summed E-state index contributed by atoms with van der Waals surface area (Å²) in [5.74, 6) is -0.157. The molecule has 0 saturated carbocycles. The van der Waals surface area contributed by atoms with Gasteiger partial charge in [0.1, 0.15) is 11.1 Å². The highest BCUT2D eigenvalue weighted by Crippen LogP contribution is 2.27. The number of rotatable bonds is 3. The topological polar surface area (TPSA) is 50.4 Å². The molecule has 0 radical (unpaired) electrons. The summed E-state index contributed by atoms with van der Waals surface area (Å²) in [4.78, 5) is 12.6. The van der Waals surface area contributed by atoms with Crippen LogP contribution in [-0.4, -0.2) is 30.2 Å². The lowest BCUT2D eigenvalue weighted by Gasteiger charge is -2.38. The van der Waals surface area contributed by atoms with Crippen molar-refractivity contribution < 1.29 is 9.53 Å². The van der Waals surface area contributed by atoms with Crippen LogP contribution in [-0.2, 0) is 9.53 Å². The predicted molar refractivity (Wildman–Crippen MR) is 80.7 cm³/mol. The van der Waals surface area contributed by atoms with E-state index in [4.69, 9.17) is 4.74 Å². The lowest BCUT2D eigenvalue weighted by atomic mass is 9.87. The molecule has 0 amide bonds. The Morgan fingerprint density at radius 1 is 1.20 bits per heavy atom. The van der Waals surface area contributed by atoms with Crippen LogP contribution in [0.5, 0.6) is 0 Å². The lowest BCUT2D eigenvalue weighted by molar-refractivity contribution is -0.161. The molecule has 1 fully saturated rings. The van der Waals surface area contributed by atoms with E-state index in [0.717, 1.165) is 31.6 Å². The van der Waals surface area contributed by atoms with E-state index in [1.807, 2.05) is 51.1 Å². The van der Waals surface area contributed by atoms with Gasteiger partial charge in [0, 0.05) is 5.69 Å². The molecule has 20 heavy (non-hydrogen) atoms. The summed E-state index contributed by atoms with van der Waals surface area (Å²) in [6, 6.07) is 9.86. The zero-order valence-corrected chi connectivity index (χ0v) is 12.5. The third-order valence-electron chi connectivity index (χ3n) is 3.40. The maximum Gasteiger partial charge on any atom is 0.332 e. The first-order chi connectivity index (χ1) is 9.41. The number of anilines is 1. The fourth-order valence-electron chi connectivity index (χ4n) is 2.41. The van der Waals surface area contributed by atoms with Crippen molar-refractivity contribution >= 4 is 11.7 Å². The molecule has 2 N–H and O–H groups in total. The van der Waals surface area contributed by atoms with Crippen molar-refractivity contribution in [1.82, 2.24) is 5.32 Å². The van der Waals surface area contributed by atoms with Crippen molar-refractivity contribution in [2.45, 2.75) is 44.8 Å². The Bertz CT molecular complexity index is 445. The summed E-state index contributed by atoms with van der Waals surface area (Å²) in [7, 11) is 0. The van der Waals surface area contributed by atoms with Gasteiger partial charge in [0.05, 0.1) is 0 Å². The molecule has 1 aliphatic heterocycles. The number of piperidine rings is 1. The van der Waals surface area contributed by atoms with Gasteiger partial charge < -0.3 is 15.4 Å². The van der Waals surface area contributed by atoms with Crippen LogP contribution in [0.4, 0.5) is 5.69 Å². The zero-order chi connectivity index (χ0) is 14.6. The van der Waals surface area contributed by atoms with Gasteiger partial charge in [-0.25, -0.2) is 4.79 Å². The van der Waals surface area contributed by atoms with Crippen molar-refractivity contribution in [2.75, 3.05) is 18.4 Å². The van der Waals surface area contributed by atoms with Gasteiger partial charge >= 0.3 is 5.97 Å². The van der Waals surface area contributed by atoms with Gasteiger partial charge in [0.15, 0.2) is 0 Å². The summed E-state index contributed by atoms with van der Waals surface area (Å²) in [5.41, 5.74) is -0.131. The van der Waals surface area contributed by atoms with Gasteiger partial charge in [-0.2, -0.15) is 0 Å². The second kappa shape index (κ2) is 5.83. The molecule has 4 nitrogen and oxygen atoms in total. The molecule has 0 spiro atoms. The van der Waals surface area contributed by atoms with Crippen molar-refractivity contribution in [3.63, 3.8) is 0 Å². The van der Waals surface area contributed by atoms with Gasteiger partial charge in [0.2, 0.25) is 0 Å². The number of benzene rings is 1. The number of carbonyl (C=O) groups excluding carboxylic acids is 1. The number of carbonyl (C=O) groups is 1. The Labute approximate surface area is 120 Å². The number of nitrogens with one attached hydrogen (secondary N) is 2. The van der Waals surface area contributed by atoms with E-state index in [1.165, 1.54) is 0 Å². The fraction of sp³-hybridized carbons (Fsp3) is 0.562. The highest BCUT2D eigenvalue weighted by Gasteiger charge is 2.42. The summed E-state index contributed by atoms with van der Waals surface area (Å²) in [5, 5.41) is 6.70. The van der Waals surface area contributed by atoms with Crippen LogP contribution < -0.4 is 10.6 Å².